The number of rotatable bonds is 6. The molecule has 0 radical (unpaired) electrons. The Labute approximate surface area is 329 Å². The van der Waals surface area contributed by atoms with Gasteiger partial charge in [-0.05, 0) is 110 Å². The third-order valence-electron chi connectivity index (χ3n) is 11.7. The summed E-state index contributed by atoms with van der Waals surface area (Å²) in [7, 11) is 0. The van der Waals surface area contributed by atoms with E-state index in [-0.39, 0.29) is 0 Å². The Morgan fingerprint density at radius 2 is 0.825 bits per heavy atom. The van der Waals surface area contributed by atoms with E-state index in [2.05, 4.69) is 216 Å². The van der Waals surface area contributed by atoms with Gasteiger partial charge in [0.1, 0.15) is 11.5 Å². The summed E-state index contributed by atoms with van der Waals surface area (Å²) in [6, 6.07) is 74.4. The van der Waals surface area contributed by atoms with Crippen molar-refractivity contribution in [1.82, 2.24) is 0 Å². The van der Waals surface area contributed by atoms with Crippen LogP contribution in [0.2, 0.25) is 0 Å². The van der Waals surface area contributed by atoms with E-state index in [1.54, 1.807) is 0 Å². The van der Waals surface area contributed by atoms with Crippen LogP contribution in [-0.2, 0) is 0 Å². The fraction of sp³-hybridized carbons (Fsp3) is 0. The third-order valence-corrected chi connectivity index (χ3v) is 11.7. The second kappa shape index (κ2) is 12.5. The molecule has 3 heteroatoms. The Morgan fingerprint density at radius 3 is 1.65 bits per heavy atom. The van der Waals surface area contributed by atoms with Crippen LogP contribution in [0.5, 0.6) is 11.5 Å². The van der Waals surface area contributed by atoms with Gasteiger partial charge < -0.3 is 14.5 Å². The van der Waals surface area contributed by atoms with Crippen LogP contribution in [0.1, 0.15) is 0 Å². The highest BCUT2D eigenvalue weighted by atomic mass is 16.5. The van der Waals surface area contributed by atoms with Crippen molar-refractivity contribution in [3.8, 4) is 11.5 Å². The van der Waals surface area contributed by atoms with E-state index in [1.807, 2.05) is 0 Å². The lowest BCUT2D eigenvalue weighted by molar-refractivity contribution is 0.493. The van der Waals surface area contributed by atoms with Gasteiger partial charge in [-0.25, -0.2) is 0 Å². The molecule has 0 fully saturated rings. The van der Waals surface area contributed by atoms with Crippen molar-refractivity contribution in [3.63, 3.8) is 0 Å². The highest BCUT2D eigenvalue weighted by Gasteiger charge is 2.26. The van der Waals surface area contributed by atoms with Crippen LogP contribution < -0.4 is 14.5 Å². The molecule has 0 saturated heterocycles. The lowest BCUT2D eigenvalue weighted by atomic mass is 9.91. The molecule has 0 saturated carbocycles. The number of para-hydroxylation sites is 2. The number of fused-ring (bicyclic) bond motifs is 4. The summed E-state index contributed by atoms with van der Waals surface area (Å²) in [6.45, 7) is 0. The molecule has 12 rings (SSSR count). The summed E-state index contributed by atoms with van der Waals surface area (Å²) in [5, 5.41) is 14.4. The summed E-state index contributed by atoms with van der Waals surface area (Å²) in [5.74, 6) is 1.73. The average Bonchev–Trinajstić information content (AvgIpc) is 3.27. The van der Waals surface area contributed by atoms with E-state index in [0.29, 0.717) is 0 Å². The van der Waals surface area contributed by atoms with Crippen molar-refractivity contribution in [3.05, 3.63) is 206 Å². The smallest absolute Gasteiger partial charge is 0.138 e. The number of nitrogens with zero attached hydrogens (tertiary/aromatic N) is 2. The zero-order valence-electron chi connectivity index (χ0n) is 30.9. The van der Waals surface area contributed by atoms with Crippen molar-refractivity contribution in [2.24, 2.45) is 0 Å². The van der Waals surface area contributed by atoms with Crippen molar-refractivity contribution in [2.75, 3.05) is 9.80 Å². The summed E-state index contributed by atoms with van der Waals surface area (Å²) in [5.41, 5.74) is 6.55. The Balaban J connectivity index is 1.07. The van der Waals surface area contributed by atoms with Crippen LogP contribution in [0, 0.1) is 0 Å². The van der Waals surface area contributed by atoms with Gasteiger partial charge in [0, 0.05) is 50.4 Å². The van der Waals surface area contributed by atoms with Crippen LogP contribution in [0.3, 0.4) is 0 Å². The first kappa shape index (κ1) is 31.7. The molecule has 0 unspecified atom stereocenters. The second-order valence-electron chi connectivity index (χ2n) is 14.9. The first-order valence-corrected chi connectivity index (χ1v) is 19.5. The van der Waals surface area contributed by atoms with Crippen molar-refractivity contribution in [2.45, 2.75) is 0 Å². The third kappa shape index (κ3) is 4.99. The predicted octanol–water partition coefficient (Wildman–Crippen LogP) is 15.7. The molecule has 11 aromatic rings. The molecule has 0 N–H and O–H groups in total. The SMILES string of the molecule is c1ccc(N(c2ccc3ccccc3c2)c2cc3c4c(ccc5cc(N(c6ccccc6)c6ccc7c(ccc8ccccc87)c6)c6cccc(c6c54)O3)c2)cc1. The Hall–Kier alpha value is -7.62. The molecule has 0 amide bonds. The van der Waals surface area contributed by atoms with Crippen LogP contribution in [0.4, 0.5) is 34.1 Å². The quantitative estimate of drug-likeness (QED) is 0.159. The first-order chi connectivity index (χ1) is 28.2. The molecule has 0 aromatic heterocycles. The van der Waals surface area contributed by atoms with Crippen molar-refractivity contribution >= 4 is 98.8 Å². The van der Waals surface area contributed by atoms with E-state index in [0.717, 1.165) is 67.2 Å². The second-order valence-corrected chi connectivity index (χ2v) is 14.9. The number of hydrogen-bond donors (Lipinski definition) is 0. The maximum absolute atomic E-state index is 7.02. The van der Waals surface area contributed by atoms with E-state index in [4.69, 9.17) is 4.74 Å². The van der Waals surface area contributed by atoms with Gasteiger partial charge in [0.25, 0.3) is 0 Å². The zero-order valence-corrected chi connectivity index (χ0v) is 30.9. The average molecular weight is 727 g/mol. The highest BCUT2D eigenvalue weighted by Crippen LogP contribution is 2.53. The molecule has 11 aromatic carbocycles. The standard InChI is InChI=1S/C54H34N2O/c1-3-15-41(16-4-1)55(43-27-26-35-12-7-8-14-37(35)30-43)45-32-39-24-25-40-33-49(48-20-11-21-50-54(48)53(40)52(39)51(34-45)57-50)56(42-17-5-2-6-18-42)44-28-29-47-38(31-44)23-22-36-13-9-10-19-46(36)47/h1-34H. The van der Waals surface area contributed by atoms with Gasteiger partial charge in [-0.1, -0.05) is 133 Å². The van der Waals surface area contributed by atoms with Gasteiger partial charge in [-0.3, -0.25) is 0 Å². The highest BCUT2D eigenvalue weighted by molar-refractivity contribution is 6.28. The minimum atomic E-state index is 0.865. The molecule has 1 aliphatic heterocycles. The molecule has 266 valence electrons. The van der Waals surface area contributed by atoms with Crippen LogP contribution >= 0.6 is 0 Å². The number of anilines is 6. The minimum Gasteiger partial charge on any atom is -0.456 e. The van der Waals surface area contributed by atoms with E-state index in [9.17, 15) is 0 Å². The lowest BCUT2D eigenvalue weighted by Crippen LogP contribution is -2.11. The molecule has 1 heterocycles. The molecule has 0 bridgehead atoms. The summed E-state index contributed by atoms with van der Waals surface area (Å²) in [4.78, 5) is 4.73. The maximum Gasteiger partial charge on any atom is 0.138 e. The number of benzene rings is 11. The van der Waals surface area contributed by atoms with Gasteiger partial charge in [0.05, 0.1) is 11.4 Å². The number of ether oxygens (including phenoxy) is 1. The molecule has 57 heavy (non-hydrogen) atoms. The number of hydrogen-bond acceptors (Lipinski definition) is 3. The van der Waals surface area contributed by atoms with E-state index >= 15 is 0 Å². The summed E-state index contributed by atoms with van der Waals surface area (Å²) in [6.07, 6.45) is 0. The van der Waals surface area contributed by atoms with Gasteiger partial charge in [0.15, 0.2) is 0 Å². The molecular formula is C54H34N2O. The van der Waals surface area contributed by atoms with E-state index in [1.165, 1.54) is 43.1 Å². The van der Waals surface area contributed by atoms with Gasteiger partial charge in [-0.2, -0.15) is 0 Å². The molecule has 0 atom stereocenters. The molecule has 0 aliphatic carbocycles. The van der Waals surface area contributed by atoms with Crippen molar-refractivity contribution in [1.29, 1.82) is 0 Å². The minimum absolute atomic E-state index is 0.865. The summed E-state index contributed by atoms with van der Waals surface area (Å²) < 4.78 is 7.02. The van der Waals surface area contributed by atoms with Gasteiger partial charge >= 0.3 is 0 Å². The Kier molecular flexibility index (Phi) is 6.93. The largest absolute Gasteiger partial charge is 0.456 e. The van der Waals surface area contributed by atoms with Gasteiger partial charge in [0.2, 0.25) is 0 Å². The molecule has 1 aliphatic rings. The molecular weight excluding hydrogens is 693 g/mol. The summed E-state index contributed by atoms with van der Waals surface area (Å²) >= 11 is 0. The molecule has 3 nitrogen and oxygen atoms in total. The zero-order chi connectivity index (χ0) is 37.5. The fourth-order valence-corrected chi connectivity index (χ4v) is 9.13. The van der Waals surface area contributed by atoms with E-state index < -0.39 is 0 Å². The fourth-order valence-electron chi connectivity index (χ4n) is 9.13. The van der Waals surface area contributed by atoms with Crippen LogP contribution in [0.15, 0.2) is 206 Å². The van der Waals surface area contributed by atoms with Crippen molar-refractivity contribution < 1.29 is 4.74 Å². The van der Waals surface area contributed by atoms with Crippen LogP contribution in [0.25, 0.3) is 64.6 Å². The Bertz CT molecular complexity index is 3390. The van der Waals surface area contributed by atoms with Gasteiger partial charge in [-0.15, -0.1) is 0 Å². The lowest BCUT2D eigenvalue weighted by Gasteiger charge is -2.30. The normalized spacial score (nSPS) is 12.0. The topological polar surface area (TPSA) is 15.7 Å². The predicted molar refractivity (Wildman–Crippen MR) is 241 cm³/mol. The monoisotopic (exact) mass is 726 g/mol. The maximum atomic E-state index is 7.02. The first-order valence-electron chi connectivity index (χ1n) is 19.5. The van der Waals surface area contributed by atoms with Crippen LogP contribution in [-0.4, -0.2) is 0 Å². The molecule has 0 spiro atoms. The Morgan fingerprint density at radius 1 is 0.263 bits per heavy atom.